The molecule has 2 aliphatic carbocycles. The molecule has 2 aliphatic rings. The maximum absolute atomic E-state index is 13.0. The first kappa shape index (κ1) is 17.2. The van der Waals surface area contributed by atoms with Crippen molar-refractivity contribution in [1.29, 1.82) is 0 Å². The van der Waals surface area contributed by atoms with E-state index in [1.807, 2.05) is 18.2 Å². The molecule has 2 fully saturated rings. The van der Waals surface area contributed by atoms with Gasteiger partial charge in [-0.2, -0.15) is 13.2 Å². The molecule has 128 valence electrons. The van der Waals surface area contributed by atoms with E-state index in [4.69, 9.17) is 0 Å². The highest BCUT2D eigenvalue weighted by Crippen LogP contribution is 2.50. The zero-order valence-corrected chi connectivity index (χ0v) is 14.1. The van der Waals surface area contributed by atoms with E-state index in [0.29, 0.717) is 12.8 Å². The summed E-state index contributed by atoms with van der Waals surface area (Å²) in [7, 11) is 0. The Morgan fingerprint density at radius 1 is 0.957 bits per heavy atom. The third kappa shape index (κ3) is 3.72. The molecule has 0 N–H and O–H groups in total. The van der Waals surface area contributed by atoms with Crippen LogP contribution < -0.4 is 0 Å². The third-order valence-electron chi connectivity index (χ3n) is 5.21. The van der Waals surface area contributed by atoms with Crippen molar-refractivity contribution in [3.63, 3.8) is 0 Å². The zero-order chi connectivity index (χ0) is 16.8. The van der Waals surface area contributed by atoms with Crippen LogP contribution in [0, 0.1) is 5.92 Å². The van der Waals surface area contributed by atoms with Crippen molar-refractivity contribution >= 4 is 15.9 Å². The minimum Gasteiger partial charge on any atom is -0.207 e. The van der Waals surface area contributed by atoms with Crippen LogP contribution in [0.2, 0.25) is 0 Å². The lowest BCUT2D eigenvalue weighted by Crippen LogP contribution is -2.33. The molecule has 0 aliphatic heterocycles. The average molecular weight is 397 g/mol. The van der Waals surface area contributed by atoms with Crippen LogP contribution in [-0.2, 0) is 0 Å². The van der Waals surface area contributed by atoms with Crippen LogP contribution in [0.5, 0.6) is 0 Å². The van der Waals surface area contributed by atoms with Gasteiger partial charge in [0.2, 0.25) is 5.92 Å². The number of halogens is 6. The summed E-state index contributed by atoms with van der Waals surface area (Å²) in [6, 6.07) is 5.61. The lowest BCUT2D eigenvalue weighted by Gasteiger charge is -2.36. The summed E-state index contributed by atoms with van der Waals surface area (Å²) in [6.45, 7) is 0. The van der Waals surface area contributed by atoms with Crippen LogP contribution in [0.1, 0.15) is 61.5 Å². The van der Waals surface area contributed by atoms with Gasteiger partial charge in [0, 0.05) is 17.3 Å². The standard InChI is InChI=1S/C17H18BrF5/c18-15-6-3-11(12-8-16(19,20)9-12)7-14(15)10-1-4-13(5-2-10)17(21,22)23/h3,6-7,10,12-13H,1-2,4-5,8-9H2/t10-,13-. The second-order valence-corrected chi connectivity index (χ2v) is 7.69. The van der Waals surface area contributed by atoms with Crippen LogP contribution in [0.4, 0.5) is 22.0 Å². The van der Waals surface area contributed by atoms with Gasteiger partial charge >= 0.3 is 6.18 Å². The first-order chi connectivity index (χ1) is 10.7. The molecule has 0 saturated heterocycles. The summed E-state index contributed by atoms with van der Waals surface area (Å²) < 4.78 is 65.3. The van der Waals surface area contributed by atoms with Gasteiger partial charge in [0.1, 0.15) is 0 Å². The molecule has 1 aromatic rings. The number of alkyl halides is 5. The summed E-state index contributed by atoms with van der Waals surface area (Å²) in [5.74, 6) is -3.83. The quantitative estimate of drug-likeness (QED) is 0.482. The van der Waals surface area contributed by atoms with Gasteiger partial charge in [-0.15, -0.1) is 0 Å². The smallest absolute Gasteiger partial charge is 0.207 e. The van der Waals surface area contributed by atoms with E-state index in [0.717, 1.165) is 15.6 Å². The highest BCUT2D eigenvalue weighted by atomic mass is 79.9. The minimum absolute atomic E-state index is 0.0727. The minimum atomic E-state index is -4.11. The Morgan fingerprint density at radius 2 is 1.57 bits per heavy atom. The van der Waals surface area contributed by atoms with Gasteiger partial charge in [-0.05, 0) is 54.7 Å². The van der Waals surface area contributed by atoms with E-state index < -0.39 is 18.0 Å². The number of hydrogen-bond donors (Lipinski definition) is 0. The predicted octanol–water partition coefficient (Wildman–Crippen LogP) is 6.80. The second-order valence-electron chi connectivity index (χ2n) is 6.83. The fourth-order valence-electron chi connectivity index (χ4n) is 3.76. The van der Waals surface area contributed by atoms with Crippen molar-refractivity contribution in [2.24, 2.45) is 5.92 Å². The maximum atomic E-state index is 13.0. The van der Waals surface area contributed by atoms with Gasteiger partial charge in [-0.1, -0.05) is 28.1 Å². The van der Waals surface area contributed by atoms with Gasteiger partial charge in [0.25, 0.3) is 0 Å². The fourth-order valence-corrected chi connectivity index (χ4v) is 4.33. The molecule has 1 aromatic carbocycles. The Bertz CT molecular complexity index is 565. The number of rotatable bonds is 2. The van der Waals surface area contributed by atoms with Crippen molar-refractivity contribution < 1.29 is 22.0 Å². The third-order valence-corrected chi connectivity index (χ3v) is 5.93. The molecule has 0 bridgehead atoms. The Balaban J connectivity index is 1.71. The topological polar surface area (TPSA) is 0 Å². The molecule has 0 aromatic heterocycles. The Kier molecular flexibility index (Phi) is 4.49. The molecule has 0 amide bonds. The van der Waals surface area contributed by atoms with Crippen LogP contribution in [-0.4, -0.2) is 12.1 Å². The van der Waals surface area contributed by atoms with Gasteiger partial charge in [0.15, 0.2) is 0 Å². The molecule has 2 saturated carbocycles. The highest BCUT2D eigenvalue weighted by Gasteiger charge is 2.46. The van der Waals surface area contributed by atoms with Crippen LogP contribution >= 0.6 is 15.9 Å². The molecule has 0 unspecified atom stereocenters. The van der Waals surface area contributed by atoms with Crippen LogP contribution in [0.15, 0.2) is 22.7 Å². The molecule has 0 nitrogen and oxygen atoms in total. The Hall–Kier alpha value is -0.650. The molecule has 23 heavy (non-hydrogen) atoms. The van der Waals surface area contributed by atoms with E-state index in [2.05, 4.69) is 15.9 Å². The molecular formula is C17H18BrF5. The van der Waals surface area contributed by atoms with Crippen molar-refractivity contribution in [2.45, 2.75) is 62.5 Å². The van der Waals surface area contributed by atoms with E-state index in [-0.39, 0.29) is 37.5 Å². The fraction of sp³-hybridized carbons (Fsp3) is 0.647. The van der Waals surface area contributed by atoms with E-state index in [1.54, 1.807) is 0 Å². The van der Waals surface area contributed by atoms with E-state index in [9.17, 15) is 22.0 Å². The molecule has 0 spiro atoms. The molecule has 0 atom stereocenters. The normalized spacial score (nSPS) is 28.4. The van der Waals surface area contributed by atoms with Crippen molar-refractivity contribution in [3.05, 3.63) is 33.8 Å². The van der Waals surface area contributed by atoms with Gasteiger partial charge < -0.3 is 0 Å². The first-order valence-electron chi connectivity index (χ1n) is 7.89. The summed E-state index contributed by atoms with van der Waals surface area (Å²) in [5, 5.41) is 0. The first-order valence-corrected chi connectivity index (χ1v) is 8.69. The molecular weight excluding hydrogens is 379 g/mol. The second kappa shape index (κ2) is 6.01. The average Bonchev–Trinajstić information content (AvgIpc) is 2.44. The summed E-state index contributed by atoms with van der Waals surface area (Å²) in [4.78, 5) is 0. The highest BCUT2D eigenvalue weighted by molar-refractivity contribution is 9.10. The van der Waals surface area contributed by atoms with Gasteiger partial charge in [0.05, 0.1) is 5.92 Å². The number of benzene rings is 1. The maximum Gasteiger partial charge on any atom is 0.391 e. The largest absolute Gasteiger partial charge is 0.391 e. The lowest BCUT2D eigenvalue weighted by molar-refractivity contribution is -0.182. The summed E-state index contributed by atoms with van der Waals surface area (Å²) >= 11 is 3.46. The van der Waals surface area contributed by atoms with E-state index in [1.165, 1.54) is 0 Å². The molecule has 6 heteroatoms. The molecule has 3 rings (SSSR count). The monoisotopic (exact) mass is 396 g/mol. The molecule has 0 heterocycles. The SMILES string of the molecule is FC1(F)CC(c2ccc(Br)c([C@H]3CC[C@H](C(F)(F)F)CC3)c2)C1. The van der Waals surface area contributed by atoms with Crippen molar-refractivity contribution in [3.8, 4) is 0 Å². The van der Waals surface area contributed by atoms with E-state index >= 15 is 0 Å². The van der Waals surface area contributed by atoms with Crippen LogP contribution in [0.25, 0.3) is 0 Å². The van der Waals surface area contributed by atoms with Crippen molar-refractivity contribution in [2.75, 3.05) is 0 Å². The zero-order valence-electron chi connectivity index (χ0n) is 12.5. The summed E-state index contributed by atoms with van der Waals surface area (Å²) in [6.07, 6.45) is -3.09. The lowest BCUT2D eigenvalue weighted by atomic mass is 9.74. The molecule has 0 radical (unpaired) electrons. The predicted molar refractivity (Wildman–Crippen MR) is 81.8 cm³/mol. The van der Waals surface area contributed by atoms with Gasteiger partial charge in [-0.3, -0.25) is 0 Å². The summed E-state index contributed by atoms with van der Waals surface area (Å²) in [5.41, 5.74) is 1.85. The van der Waals surface area contributed by atoms with Crippen molar-refractivity contribution in [1.82, 2.24) is 0 Å². The van der Waals surface area contributed by atoms with Crippen LogP contribution in [0.3, 0.4) is 0 Å². The Labute approximate surface area is 140 Å². The number of hydrogen-bond acceptors (Lipinski definition) is 0. The Morgan fingerprint density at radius 3 is 2.09 bits per heavy atom. The van der Waals surface area contributed by atoms with Gasteiger partial charge in [-0.25, -0.2) is 8.78 Å².